The van der Waals surface area contributed by atoms with Crippen LogP contribution in [0.5, 0.6) is 5.75 Å². The first-order valence-corrected chi connectivity index (χ1v) is 12.0. The number of hydrogen-bond donors (Lipinski definition) is 1. The summed E-state index contributed by atoms with van der Waals surface area (Å²) in [6.07, 6.45) is 2.83. The van der Waals surface area contributed by atoms with Gasteiger partial charge in [-0.1, -0.05) is 12.1 Å². The average molecular weight is 455 g/mol. The van der Waals surface area contributed by atoms with E-state index in [9.17, 15) is 22.8 Å². The van der Waals surface area contributed by atoms with E-state index in [-0.39, 0.29) is 57.7 Å². The molecular weight excluding hydrogens is 432 g/mol. The van der Waals surface area contributed by atoms with E-state index in [1.54, 1.807) is 12.1 Å². The van der Waals surface area contributed by atoms with Gasteiger partial charge in [0.25, 0.3) is 0 Å². The molecule has 2 aromatic carbocycles. The molecule has 1 heterocycles. The van der Waals surface area contributed by atoms with E-state index in [1.165, 1.54) is 43.3 Å². The zero-order valence-electron chi connectivity index (χ0n) is 17.4. The minimum absolute atomic E-state index is 0.0764. The van der Waals surface area contributed by atoms with Crippen LogP contribution in [0.2, 0.25) is 0 Å². The quantitative estimate of drug-likeness (QED) is 0.550. The molecule has 0 unspecified atom stereocenters. The zero-order valence-corrected chi connectivity index (χ0v) is 18.2. The second-order valence-electron chi connectivity index (χ2n) is 8.61. The summed E-state index contributed by atoms with van der Waals surface area (Å²) in [5.41, 5.74) is 0.598. The minimum Gasteiger partial charge on any atom is -0.377 e. The molecule has 0 aromatic heterocycles. The molecule has 0 radical (unpaired) electrons. The standard InChI is InChI=1S/C23H22N2O6S/c1-13(26)24-16-8-10-17(11-9-16)32(29,30)31-19-5-3-2-4-18(19)25-22(27)20-14-6-7-15(12-14)21(20)23(25)28/h2-5,8-11,14-15,20-21H,6-7,12H2,1H3,(H,24,26)/t14-,15-,20+,21+/m0/s1. The third-order valence-corrected chi connectivity index (χ3v) is 7.94. The van der Waals surface area contributed by atoms with Gasteiger partial charge in [-0.25, -0.2) is 4.90 Å². The Kier molecular flexibility index (Phi) is 4.81. The molecular formula is C23H22N2O6S. The van der Waals surface area contributed by atoms with Crippen LogP contribution >= 0.6 is 0 Å². The monoisotopic (exact) mass is 454 g/mol. The molecule has 2 aromatic rings. The molecule has 9 heteroatoms. The first kappa shape index (κ1) is 20.7. The Balaban J connectivity index is 1.44. The van der Waals surface area contributed by atoms with Crippen LogP contribution in [-0.4, -0.2) is 26.1 Å². The Morgan fingerprint density at radius 1 is 0.969 bits per heavy atom. The van der Waals surface area contributed by atoms with Gasteiger partial charge in [0.1, 0.15) is 4.90 Å². The van der Waals surface area contributed by atoms with Crippen molar-refractivity contribution in [3.63, 3.8) is 0 Å². The lowest BCUT2D eigenvalue weighted by atomic mass is 9.81. The lowest BCUT2D eigenvalue weighted by Crippen LogP contribution is -2.33. The number of hydrogen-bond acceptors (Lipinski definition) is 6. The summed E-state index contributed by atoms with van der Waals surface area (Å²) in [4.78, 5) is 38.5. The molecule has 166 valence electrons. The fourth-order valence-corrected chi connectivity index (χ4v) is 6.38. The summed E-state index contributed by atoms with van der Waals surface area (Å²) in [6, 6.07) is 11.7. The van der Waals surface area contributed by atoms with Gasteiger partial charge in [0.2, 0.25) is 17.7 Å². The number of carbonyl (C=O) groups excluding carboxylic acids is 3. The lowest BCUT2D eigenvalue weighted by molar-refractivity contribution is -0.123. The molecule has 2 bridgehead atoms. The van der Waals surface area contributed by atoms with E-state index in [2.05, 4.69) is 5.32 Å². The Morgan fingerprint density at radius 2 is 1.56 bits per heavy atom. The molecule has 3 fully saturated rings. The van der Waals surface area contributed by atoms with E-state index in [1.807, 2.05) is 0 Å². The fraction of sp³-hybridized carbons (Fsp3) is 0.348. The number of carbonyl (C=O) groups is 3. The summed E-state index contributed by atoms with van der Waals surface area (Å²) >= 11 is 0. The number of rotatable bonds is 5. The summed E-state index contributed by atoms with van der Waals surface area (Å²) in [6.45, 7) is 1.35. The van der Waals surface area contributed by atoms with Gasteiger partial charge in [-0.15, -0.1) is 0 Å². The molecule has 0 spiro atoms. The van der Waals surface area contributed by atoms with Crippen LogP contribution in [0.3, 0.4) is 0 Å². The van der Waals surface area contributed by atoms with E-state index in [0.717, 1.165) is 24.2 Å². The number of benzene rings is 2. The Morgan fingerprint density at radius 3 is 2.16 bits per heavy atom. The van der Waals surface area contributed by atoms with Crippen molar-refractivity contribution in [2.45, 2.75) is 31.1 Å². The van der Waals surface area contributed by atoms with Crippen LogP contribution < -0.4 is 14.4 Å². The lowest BCUT2D eigenvalue weighted by Gasteiger charge is -2.20. The number of anilines is 2. The highest BCUT2D eigenvalue weighted by atomic mass is 32.2. The highest BCUT2D eigenvalue weighted by molar-refractivity contribution is 7.87. The van der Waals surface area contributed by atoms with Crippen LogP contribution in [0.1, 0.15) is 26.2 Å². The molecule has 1 saturated heterocycles. The number of nitrogens with one attached hydrogen (secondary N) is 1. The van der Waals surface area contributed by atoms with Crippen LogP contribution in [0.25, 0.3) is 0 Å². The van der Waals surface area contributed by atoms with Crippen molar-refractivity contribution >= 4 is 39.2 Å². The molecule has 1 N–H and O–H groups in total. The maximum atomic E-state index is 13.2. The fourth-order valence-electron chi connectivity index (χ4n) is 5.43. The number of imide groups is 1. The van der Waals surface area contributed by atoms with E-state index >= 15 is 0 Å². The van der Waals surface area contributed by atoms with Gasteiger partial charge in [-0.2, -0.15) is 8.42 Å². The molecule has 2 aliphatic carbocycles. The predicted molar refractivity (Wildman–Crippen MR) is 115 cm³/mol. The largest absolute Gasteiger partial charge is 0.377 e. The van der Waals surface area contributed by atoms with E-state index in [0.29, 0.717) is 5.69 Å². The van der Waals surface area contributed by atoms with Gasteiger partial charge < -0.3 is 9.50 Å². The van der Waals surface area contributed by atoms with Crippen molar-refractivity contribution in [1.82, 2.24) is 0 Å². The van der Waals surface area contributed by atoms with Crippen molar-refractivity contribution in [3.05, 3.63) is 48.5 Å². The van der Waals surface area contributed by atoms with Crippen LogP contribution in [0.15, 0.2) is 53.4 Å². The first-order valence-electron chi connectivity index (χ1n) is 10.6. The first-order chi connectivity index (χ1) is 15.3. The highest BCUT2D eigenvalue weighted by Crippen LogP contribution is 2.57. The SMILES string of the molecule is CC(=O)Nc1ccc(S(=O)(=O)Oc2ccccc2N2C(=O)[C@@H]3[C@H]4CC[C@@H](C4)[C@H]3C2=O)cc1. The molecule has 1 aliphatic heterocycles. The molecule has 4 atom stereocenters. The second kappa shape index (κ2) is 7.44. The predicted octanol–water partition coefficient (Wildman–Crippen LogP) is 2.95. The minimum atomic E-state index is -4.24. The van der Waals surface area contributed by atoms with Gasteiger partial charge >= 0.3 is 10.1 Å². The van der Waals surface area contributed by atoms with Crippen LogP contribution in [0.4, 0.5) is 11.4 Å². The number of para-hydroxylation sites is 2. The third kappa shape index (κ3) is 3.28. The zero-order chi connectivity index (χ0) is 22.6. The number of nitrogens with zero attached hydrogens (tertiary/aromatic N) is 1. The molecule has 3 aliphatic rings. The maximum absolute atomic E-state index is 13.2. The molecule has 3 amide bonds. The average Bonchev–Trinajstić information content (AvgIpc) is 3.42. The molecule has 8 nitrogen and oxygen atoms in total. The Hall–Kier alpha value is -3.20. The molecule has 5 rings (SSSR count). The van der Waals surface area contributed by atoms with E-state index in [4.69, 9.17) is 4.18 Å². The normalized spacial score (nSPS) is 26.3. The molecule has 2 saturated carbocycles. The number of fused-ring (bicyclic) bond motifs is 5. The third-order valence-electron chi connectivity index (χ3n) is 6.70. The van der Waals surface area contributed by atoms with Crippen LogP contribution in [-0.2, 0) is 24.5 Å². The van der Waals surface area contributed by atoms with Gasteiger partial charge in [-0.05, 0) is 67.5 Å². The van der Waals surface area contributed by atoms with Crippen molar-refractivity contribution in [1.29, 1.82) is 0 Å². The van der Waals surface area contributed by atoms with Gasteiger partial charge in [0.05, 0.1) is 17.5 Å². The summed E-state index contributed by atoms with van der Waals surface area (Å²) in [5, 5.41) is 2.56. The van der Waals surface area contributed by atoms with Gasteiger partial charge in [0.15, 0.2) is 5.75 Å². The summed E-state index contributed by atoms with van der Waals surface area (Å²) in [7, 11) is -4.24. The maximum Gasteiger partial charge on any atom is 0.339 e. The number of amides is 3. The topological polar surface area (TPSA) is 110 Å². The second-order valence-corrected chi connectivity index (χ2v) is 10.2. The summed E-state index contributed by atoms with van der Waals surface area (Å²) in [5.74, 6) is -1.05. The van der Waals surface area contributed by atoms with Gasteiger partial charge in [0, 0.05) is 12.6 Å². The van der Waals surface area contributed by atoms with Crippen molar-refractivity contribution in [2.75, 3.05) is 10.2 Å². The highest BCUT2D eigenvalue weighted by Gasteiger charge is 2.61. The van der Waals surface area contributed by atoms with Crippen molar-refractivity contribution in [3.8, 4) is 5.75 Å². The molecule has 32 heavy (non-hydrogen) atoms. The van der Waals surface area contributed by atoms with Gasteiger partial charge in [-0.3, -0.25) is 14.4 Å². The van der Waals surface area contributed by atoms with Crippen molar-refractivity contribution < 1.29 is 27.0 Å². The Bertz CT molecular complexity index is 1200. The smallest absolute Gasteiger partial charge is 0.339 e. The van der Waals surface area contributed by atoms with Crippen molar-refractivity contribution in [2.24, 2.45) is 23.7 Å². The summed E-state index contributed by atoms with van der Waals surface area (Å²) < 4.78 is 31.1. The Labute approximate surface area is 185 Å². The van der Waals surface area contributed by atoms with Crippen LogP contribution in [0, 0.1) is 23.7 Å². The van der Waals surface area contributed by atoms with E-state index < -0.39 is 10.1 Å².